The number of rotatable bonds is 6. The van der Waals surface area contributed by atoms with Crippen molar-refractivity contribution >= 4 is 21.6 Å². The fourth-order valence-electron chi connectivity index (χ4n) is 2.76. The molecule has 1 N–H and O–H groups in total. The molecule has 0 saturated carbocycles. The molecule has 0 aromatic heterocycles. The van der Waals surface area contributed by atoms with Crippen LogP contribution in [0, 0.1) is 16.0 Å². The van der Waals surface area contributed by atoms with Crippen molar-refractivity contribution in [1.82, 2.24) is 9.62 Å². The average molecular weight is 369 g/mol. The summed E-state index contributed by atoms with van der Waals surface area (Å²) in [5.41, 5.74) is -0.157. The highest BCUT2D eigenvalue weighted by Crippen LogP contribution is 2.19. The van der Waals surface area contributed by atoms with Crippen LogP contribution in [0.1, 0.15) is 33.1 Å². The van der Waals surface area contributed by atoms with Gasteiger partial charge in [0.15, 0.2) is 0 Å². The smallest absolute Gasteiger partial charge is 0.269 e. The van der Waals surface area contributed by atoms with E-state index in [0.29, 0.717) is 38.3 Å². The summed E-state index contributed by atoms with van der Waals surface area (Å²) in [6, 6.07) is 4.54. The van der Waals surface area contributed by atoms with Crippen LogP contribution in [0.25, 0.3) is 0 Å². The average Bonchev–Trinajstić information content (AvgIpc) is 2.54. The molecule has 0 bridgehead atoms. The molecule has 1 amide bonds. The molecule has 1 saturated heterocycles. The molecule has 1 aliphatic heterocycles. The van der Waals surface area contributed by atoms with Gasteiger partial charge >= 0.3 is 0 Å². The van der Waals surface area contributed by atoms with E-state index in [9.17, 15) is 23.3 Å². The lowest BCUT2D eigenvalue weighted by molar-refractivity contribution is -0.384. The minimum Gasteiger partial charge on any atom is -0.343 e. The number of carbonyl (C=O) groups excluding carboxylic acids is 1. The topological polar surface area (TPSA) is 110 Å². The van der Waals surface area contributed by atoms with Crippen LogP contribution < -0.4 is 4.72 Å². The van der Waals surface area contributed by atoms with Crippen LogP contribution in [0.15, 0.2) is 29.2 Å². The number of nitro groups is 1. The van der Waals surface area contributed by atoms with Crippen molar-refractivity contribution < 1.29 is 18.1 Å². The van der Waals surface area contributed by atoms with E-state index < -0.39 is 14.9 Å². The number of amides is 1. The lowest BCUT2D eigenvalue weighted by Crippen LogP contribution is -2.46. The molecule has 0 spiro atoms. The number of piperidine rings is 1. The van der Waals surface area contributed by atoms with Gasteiger partial charge in [0.2, 0.25) is 15.9 Å². The molecular formula is C16H23N3O5S. The molecule has 0 unspecified atom stereocenters. The zero-order valence-electron chi connectivity index (χ0n) is 14.3. The molecular weight excluding hydrogens is 346 g/mol. The Morgan fingerprint density at radius 3 is 2.32 bits per heavy atom. The normalized spacial score (nSPS) is 16.2. The predicted molar refractivity (Wildman–Crippen MR) is 92.5 cm³/mol. The van der Waals surface area contributed by atoms with Crippen LogP contribution in [0.2, 0.25) is 0 Å². The first-order valence-corrected chi connectivity index (χ1v) is 9.72. The molecule has 1 aliphatic rings. The number of carbonyl (C=O) groups is 1. The Morgan fingerprint density at radius 1 is 1.28 bits per heavy atom. The van der Waals surface area contributed by atoms with E-state index in [1.54, 1.807) is 4.90 Å². The third kappa shape index (κ3) is 5.23. The first kappa shape index (κ1) is 19.3. The number of nitro benzene ring substituents is 1. The molecule has 1 aromatic rings. The van der Waals surface area contributed by atoms with Gasteiger partial charge in [-0.15, -0.1) is 0 Å². The summed E-state index contributed by atoms with van der Waals surface area (Å²) in [6.07, 6.45) is 1.60. The number of hydrogen-bond acceptors (Lipinski definition) is 5. The number of sulfonamides is 1. The summed E-state index contributed by atoms with van der Waals surface area (Å²) in [7, 11) is -3.74. The van der Waals surface area contributed by atoms with Crippen molar-refractivity contribution in [1.29, 1.82) is 0 Å². The molecule has 25 heavy (non-hydrogen) atoms. The maximum atomic E-state index is 12.4. The van der Waals surface area contributed by atoms with Crippen LogP contribution in [-0.4, -0.2) is 43.3 Å². The molecule has 9 heteroatoms. The third-order valence-electron chi connectivity index (χ3n) is 4.11. The summed E-state index contributed by atoms with van der Waals surface area (Å²) < 4.78 is 27.4. The number of hydrogen-bond donors (Lipinski definition) is 1. The van der Waals surface area contributed by atoms with Gasteiger partial charge in [-0.25, -0.2) is 13.1 Å². The van der Waals surface area contributed by atoms with Gasteiger partial charge in [-0.1, -0.05) is 13.8 Å². The van der Waals surface area contributed by atoms with E-state index in [4.69, 9.17) is 0 Å². The Bertz CT molecular complexity index is 723. The summed E-state index contributed by atoms with van der Waals surface area (Å²) in [5.74, 6) is 0.400. The van der Waals surface area contributed by atoms with Crippen molar-refractivity contribution in [3.63, 3.8) is 0 Å². The number of likely N-dealkylation sites (tertiary alicyclic amines) is 1. The molecule has 1 fully saturated rings. The molecule has 0 aliphatic carbocycles. The highest BCUT2D eigenvalue weighted by Gasteiger charge is 2.27. The van der Waals surface area contributed by atoms with E-state index >= 15 is 0 Å². The first-order valence-electron chi connectivity index (χ1n) is 8.23. The number of nitrogens with zero attached hydrogens (tertiary/aromatic N) is 2. The van der Waals surface area contributed by atoms with Gasteiger partial charge in [-0.3, -0.25) is 14.9 Å². The Morgan fingerprint density at radius 2 is 1.84 bits per heavy atom. The van der Waals surface area contributed by atoms with E-state index in [2.05, 4.69) is 4.72 Å². The van der Waals surface area contributed by atoms with Gasteiger partial charge in [0, 0.05) is 37.7 Å². The Labute approximate surface area is 147 Å². The lowest BCUT2D eigenvalue weighted by Gasteiger charge is -2.32. The van der Waals surface area contributed by atoms with Crippen molar-refractivity contribution in [2.45, 2.75) is 44.0 Å². The van der Waals surface area contributed by atoms with Crippen LogP contribution >= 0.6 is 0 Å². The minimum absolute atomic E-state index is 0.00332. The largest absolute Gasteiger partial charge is 0.343 e. The van der Waals surface area contributed by atoms with E-state index in [1.165, 1.54) is 24.3 Å². The second-order valence-electron chi connectivity index (χ2n) is 6.63. The van der Waals surface area contributed by atoms with Crippen LogP contribution in [0.5, 0.6) is 0 Å². The van der Waals surface area contributed by atoms with Gasteiger partial charge < -0.3 is 4.90 Å². The van der Waals surface area contributed by atoms with Gasteiger partial charge in [0.05, 0.1) is 9.82 Å². The SMILES string of the molecule is CC(C)CC(=O)N1CCC(NS(=O)(=O)c2ccc([N+](=O)[O-])cc2)CC1. The summed E-state index contributed by atoms with van der Waals surface area (Å²) in [4.78, 5) is 23.9. The summed E-state index contributed by atoms with van der Waals surface area (Å²) >= 11 is 0. The monoisotopic (exact) mass is 369 g/mol. The zero-order valence-corrected chi connectivity index (χ0v) is 15.2. The highest BCUT2D eigenvalue weighted by molar-refractivity contribution is 7.89. The van der Waals surface area contributed by atoms with Gasteiger partial charge in [-0.2, -0.15) is 0 Å². The number of non-ortho nitro benzene ring substituents is 1. The van der Waals surface area contributed by atoms with Gasteiger partial charge in [0.25, 0.3) is 5.69 Å². The third-order valence-corrected chi connectivity index (χ3v) is 5.65. The van der Waals surface area contributed by atoms with E-state index in [-0.39, 0.29) is 22.5 Å². The Hall–Kier alpha value is -2.00. The van der Waals surface area contributed by atoms with Crippen LogP contribution in [-0.2, 0) is 14.8 Å². The second-order valence-corrected chi connectivity index (χ2v) is 8.34. The Kier molecular flexibility index (Phi) is 6.12. The van der Waals surface area contributed by atoms with E-state index in [1.807, 2.05) is 13.8 Å². The van der Waals surface area contributed by atoms with E-state index in [0.717, 1.165) is 0 Å². The molecule has 1 aromatic carbocycles. The maximum absolute atomic E-state index is 12.4. The number of nitrogens with one attached hydrogen (secondary N) is 1. The van der Waals surface area contributed by atoms with Crippen molar-refractivity contribution in [3.05, 3.63) is 34.4 Å². The van der Waals surface area contributed by atoms with Crippen LogP contribution in [0.4, 0.5) is 5.69 Å². The molecule has 0 atom stereocenters. The fourth-order valence-corrected chi connectivity index (χ4v) is 4.06. The highest BCUT2D eigenvalue weighted by atomic mass is 32.2. The van der Waals surface area contributed by atoms with Gasteiger partial charge in [0.1, 0.15) is 0 Å². The summed E-state index contributed by atoms with van der Waals surface area (Å²) in [5, 5.41) is 10.6. The Balaban J connectivity index is 1.94. The lowest BCUT2D eigenvalue weighted by atomic mass is 10.0. The zero-order chi connectivity index (χ0) is 18.6. The standard InChI is InChI=1S/C16H23N3O5S/c1-12(2)11-16(20)18-9-7-13(8-10-18)17-25(23,24)15-5-3-14(4-6-15)19(21)22/h3-6,12-13,17H,7-11H2,1-2H3. The fraction of sp³-hybridized carbons (Fsp3) is 0.562. The van der Waals surface area contributed by atoms with Crippen molar-refractivity contribution in [2.24, 2.45) is 5.92 Å². The van der Waals surface area contributed by atoms with Crippen LogP contribution in [0.3, 0.4) is 0 Å². The van der Waals surface area contributed by atoms with Crippen molar-refractivity contribution in [3.8, 4) is 0 Å². The second kappa shape index (κ2) is 7.92. The number of benzene rings is 1. The van der Waals surface area contributed by atoms with Crippen molar-refractivity contribution in [2.75, 3.05) is 13.1 Å². The first-order chi connectivity index (χ1) is 11.7. The predicted octanol–water partition coefficient (Wildman–Crippen LogP) is 1.91. The molecule has 0 radical (unpaired) electrons. The quantitative estimate of drug-likeness (QED) is 0.608. The minimum atomic E-state index is -3.74. The van der Waals surface area contributed by atoms with Gasteiger partial charge in [-0.05, 0) is 30.9 Å². The molecule has 138 valence electrons. The molecule has 8 nitrogen and oxygen atoms in total. The summed E-state index contributed by atoms with van der Waals surface area (Å²) in [6.45, 7) is 5.03. The maximum Gasteiger partial charge on any atom is 0.269 e. The molecule has 1 heterocycles. The molecule has 2 rings (SSSR count).